The predicted octanol–water partition coefficient (Wildman–Crippen LogP) is 3.58. The van der Waals surface area contributed by atoms with Gasteiger partial charge in [-0.15, -0.1) is 11.3 Å². The molecule has 0 atom stereocenters. The molecular weight excluding hydrogens is 344 g/mol. The minimum absolute atomic E-state index is 0.0319. The largest absolute Gasteiger partial charge is 0.342 e. The van der Waals surface area contributed by atoms with Gasteiger partial charge in [-0.3, -0.25) is 9.59 Å². The van der Waals surface area contributed by atoms with Crippen LogP contribution in [0.5, 0.6) is 0 Å². The molecule has 0 saturated carbocycles. The molecule has 0 spiro atoms. The van der Waals surface area contributed by atoms with E-state index in [2.05, 4.69) is 12.1 Å². The molecule has 26 heavy (non-hydrogen) atoms. The maximum atomic E-state index is 12.9. The maximum Gasteiger partial charge on any atom is 0.227 e. The van der Waals surface area contributed by atoms with E-state index in [1.54, 1.807) is 11.3 Å². The first-order valence-electron chi connectivity index (χ1n) is 9.30. The lowest BCUT2D eigenvalue weighted by Gasteiger charge is -2.34. The van der Waals surface area contributed by atoms with Crippen LogP contribution < -0.4 is 0 Å². The molecule has 1 aliphatic heterocycles. The minimum atomic E-state index is 0.0319. The summed E-state index contributed by atoms with van der Waals surface area (Å²) in [4.78, 5) is 30.3. The summed E-state index contributed by atoms with van der Waals surface area (Å²) in [6, 6.07) is 14.1. The Bertz CT molecular complexity index is 707. The summed E-state index contributed by atoms with van der Waals surface area (Å²) in [6.07, 6.45) is 2.01. The van der Waals surface area contributed by atoms with Crippen LogP contribution >= 0.6 is 11.3 Å². The summed E-state index contributed by atoms with van der Waals surface area (Å²) in [5.74, 6) is 0.432. The van der Waals surface area contributed by atoms with E-state index in [9.17, 15) is 9.59 Å². The van der Waals surface area contributed by atoms with Crippen LogP contribution in [0.2, 0.25) is 0 Å². The third-order valence-corrected chi connectivity index (χ3v) is 5.89. The van der Waals surface area contributed by atoms with Gasteiger partial charge in [-0.25, -0.2) is 0 Å². The van der Waals surface area contributed by atoms with Gasteiger partial charge in [0.05, 0.1) is 6.42 Å². The molecule has 3 rings (SSSR count). The highest BCUT2D eigenvalue weighted by atomic mass is 32.1. The fourth-order valence-electron chi connectivity index (χ4n) is 3.46. The normalized spacial score (nSPS) is 15.0. The summed E-state index contributed by atoms with van der Waals surface area (Å²) in [7, 11) is 0. The second-order valence-electron chi connectivity index (χ2n) is 6.75. The van der Waals surface area contributed by atoms with Crippen molar-refractivity contribution < 1.29 is 9.59 Å². The van der Waals surface area contributed by atoms with Crippen LogP contribution in [-0.4, -0.2) is 41.2 Å². The van der Waals surface area contributed by atoms with Crippen molar-refractivity contribution in [3.05, 3.63) is 58.3 Å². The van der Waals surface area contributed by atoms with E-state index in [-0.39, 0.29) is 17.7 Å². The molecule has 2 aromatic rings. The van der Waals surface area contributed by atoms with Crippen molar-refractivity contribution in [2.45, 2.75) is 32.7 Å². The Morgan fingerprint density at radius 2 is 1.85 bits per heavy atom. The second-order valence-corrected chi connectivity index (χ2v) is 7.78. The quantitative estimate of drug-likeness (QED) is 0.780. The van der Waals surface area contributed by atoms with E-state index in [4.69, 9.17) is 0 Å². The number of carbonyl (C=O) groups is 2. The van der Waals surface area contributed by atoms with Crippen molar-refractivity contribution in [1.82, 2.24) is 9.80 Å². The summed E-state index contributed by atoms with van der Waals surface area (Å²) >= 11 is 1.62. The number of benzene rings is 1. The van der Waals surface area contributed by atoms with E-state index in [0.29, 0.717) is 32.6 Å². The third-order valence-electron chi connectivity index (χ3n) is 5.01. The van der Waals surface area contributed by atoms with Gasteiger partial charge in [0.15, 0.2) is 0 Å². The molecule has 138 valence electrons. The lowest BCUT2D eigenvalue weighted by Crippen LogP contribution is -2.44. The van der Waals surface area contributed by atoms with Gasteiger partial charge in [0.1, 0.15) is 0 Å². The van der Waals surface area contributed by atoms with Crippen molar-refractivity contribution in [2.24, 2.45) is 5.92 Å². The first-order chi connectivity index (χ1) is 12.7. The molecule has 1 aromatic heterocycles. The molecule has 2 amide bonds. The highest BCUT2D eigenvalue weighted by molar-refractivity contribution is 7.10. The van der Waals surface area contributed by atoms with Gasteiger partial charge in [-0.05, 0) is 36.8 Å². The fourth-order valence-corrected chi connectivity index (χ4v) is 4.15. The summed E-state index contributed by atoms with van der Waals surface area (Å²) in [5.41, 5.74) is 1.16. The van der Waals surface area contributed by atoms with Gasteiger partial charge in [-0.2, -0.15) is 0 Å². The topological polar surface area (TPSA) is 40.6 Å². The number of hydrogen-bond acceptors (Lipinski definition) is 3. The Morgan fingerprint density at radius 1 is 1.12 bits per heavy atom. The van der Waals surface area contributed by atoms with E-state index >= 15 is 0 Å². The van der Waals surface area contributed by atoms with E-state index in [1.165, 1.54) is 0 Å². The van der Waals surface area contributed by atoms with Crippen LogP contribution in [-0.2, 0) is 22.6 Å². The van der Waals surface area contributed by atoms with Crippen LogP contribution in [0.15, 0.2) is 47.8 Å². The summed E-state index contributed by atoms with van der Waals surface area (Å²) in [6.45, 7) is 4.77. The highest BCUT2D eigenvalue weighted by Crippen LogP contribution is 2.22. The number of amides is 2. The predicted molar refractivity (Wildman–Crippen MR) is 105 cm³/mol. The van der Waals surface area contributed by atoms with Crippen LogP contribution in [0.3, 0.4) is 0 Å². The lowest BCUT2D eigenvalue weighted by atomic mass is 9.94. The standard InChI is InChI=1S/C21H26N2O2S/c1-2-22(16-17-7-4-3-5-8-17)21(25)18-10-12-23(13-11-18)20(24)15-19-9-6-14-26-19/h3-9,14,18H,2,10-13,15-16H2,1H3. The van der Waals surface area contributed by atoms with Crippen LogP contribution in [0.1, 0.15) is 30.2 Å². The number of carbonyl (C=O) groups excluding carboxylic acids is 2. The average molecular weight is 371 g/mol. The van der Waals surface area contributed by atoms with Crippen molar-refractivity contribution in [1.29, 1.82) is 0 Å². The number of nitrogens with zero attached hydrogens (tertiary/aromatic N) is 2. The monoisotopic (exact) mass is 370 g/mol. The molecule has 4 nitrogen and oxygen atoms in total. The first-order valence-corrected chi connectivity index (χ1v) is 10.2. The van der Waals surface area contributed by atoms with Gasteiger partial charge in [0, 0.05) is 37.0 Å². The minimum Gasteiger partial charge on any atom is -0.342 e. The van der Waals surface area contributed by atoms with Crippen molar-refractivity contribution >= 4 is 23.2 Å². The van der Waals surface area contributed by atoms with Gasteiger partial charge in [0.2, 0.25) is 11.8 Å². The third kappa shape index (κ3) is 4.73. The van der Waals surface area contributed by atoms with Crippen LogP contribution in [0.25, 0.3) is 0 Å². The van der Waals surface area contributed by atoms with Gasteiger partial charge in [0.25, 0.3) is 0 Å². The zero-order valence-electron chi connectivity index (χ0n) is 15.3. The number of piperidine rings is 1. The zero-order chi connectivity index (χ0) is 18.4. The van der Waals surface area contributed by atoms with Gasteiger partial charge < -0.3 is 9.80 Å². The SMILES string of the molecule is CCN(Cc1ccccc1)C(=O)C1CCN(C(=O)Cc2cccs2)CC1. The van der Waals surface area contributed by atoms with E-state index in [0.717, 1.165) is 23.3 Å². The molecule has 1 fully saturated rings. The van der Waals surface area contributed by atoms with Crippen molar-refractivity contribution in [2.75, 3.05) is 19.6 Å². The maximum absolute atomic E-state index is 12.9. The first kappa shape index (κ1) is 18.6. The molecule has 5 heteroatoms. The van der Waals surface area contributed by atoms with Crippen molar-refractivity contribution in [3.8, 4) is 0 Å². The molecule has 0 N–H and O–H groups in total. The number of hydrogen-bond donors (Lipinski definition) is 0. The molecule has 1 aliphatic rings. The summed E-state index contributed by atoms with van der Waals surface area (Å²) < 4.78 is 0. The van der Waals surface area contributed by atoms with Crippen LogP contribution in [0.4, 0.5) is 0 Å². The zero-order valence-corrected chi connectivity index (χ0v) is 16.1. The molecule has 1 saturated heterocycles. The van der Waals surface area contributed by atoms with Crippen molar-refractivity contribution in [3.63, 3.8) is 0 Å². The molecule has 0 bridgehead atoms. The Labute approximate surface area is 159 Å². The smallest absolute Gasteiger partial charge is 0.227 e. The molecule has 2 heterocycles. The second kappa shape index (κ2) is 8.99. The number of rotatable bonds is 6. The Kier molecular flexibility index (Phi) is 6.45. The van der Waals surface area contributed by atoms with Crippen LogP contribution in [0, 0.1) is 5.92 Å². The van der Waals surface area contributed by atoms with E-state index < -0.39 is 0 Å². The molecule has 0 aliphatic carbocycles. The van der Waals surface area contributed by atoms with Gasteiger partial charge in [-0.1, -0.05) is 36.4 Å². The fraction of sp³-hybridized carbons (Fsp3) is 0.429. The summed E-state index contributed by atoms with van der Waals surface area (Å²) in [5, 5.41) is 2.00. The molecule has 0 unspecified atom stereocenters. The highest BCUT2D eigenvalue weighted by Gasteiger charge is 2.29. The lowest BCUT2D eigenvalue weighted by molar-refractivity contribution is -0.140. The Morgan fingerprint density at radius 3 is 2.46 bits per heavy atom. The molecule has 1 aromatic carbocycles. The van der Waals surface area contributed by atoms with E-state index in [1.807, 2.05) is 52.4 Å². The Hall–Kier alpha value is -2.14. The molecular formula is C21H26N2O2S. The average Bonchev–Trinajstić information content (AvgIpc) is 3.19. The number of likely N-dealkylation sites (tertiary alicyclic amines) is 1. The molecule has 0 radical (unpaired) electrons. The number of thiophene rings is 1. The van der Waals surface area contributed by atoms with Gasteiger partial charge >= 0.3 is 0 Å². The Balaban J connectivity index is 1.51.